The summed E-state index contributed by atoms with van der Waals surface area (Å²) in [5, 5.41) is 15.4. The first-order valence-electron chi connectivity index (χ1n) is 17.9. The number of aromatic nitrogens is 5. The molecule has 52 heavy (non-hydrogen) atoms. The molecule has 3 heterocycles. The molecule has 5 atom stereocenters. The number of halogens is 2. The Kier molecular flexibility index (Phi) is 10.6. The van der Waals surface area contributed by atoms with Crippen molar-refractivity contribution in [2.75, 3.05) is 17.7 Å². The van der Waals surface area contributed by atoms with Crippen LogP contribution in [0.25, 0.3) is 11.2 Å². The summed E-state index contributed by atoms with van der Waals surface area (Å²) in [6, 6.07) is 24.7. The van der Waals surface area contributed by atoms with Gasteiger partial charge in [-0.3, -0.25) is 0 Å². The van der Waals surface area contributed by atoms with E-state index in [4.69, 9.17) is 19.1 Å². The molecule has 1 N–H and O–H groups in total. The fourth-order valence-corrected chi connectivity index (χ4v) is 12.7. The van der Waals surface area contributed by atoms with Crippen LogP contribution in [0.1, 0.15) is 70.9 Å². The van der Waals surface area contributed by atoms with Crippen LogP contribution in [-0.4, -0.2) is 70.2 Å². The van der Waals surface area contributed by atoms with Crippen LogP contribution < -0.4 is 15.7 Å². The number of anilines is 1. The second-order valence-electron chi connectivity index (χ2n) is 14.7. The van der Waals surface area contributed by atoms with Gasteiger partial charge in [-0.2, -0.15) is 0 Å². The first kappa shape index (κ1) is 36.3. The van der Waals surface area contributed by atoms with Gasteiger partial charge in [0.25, 0.3) is 8.32 Å². The Morgan fingerprint density at radius 1 is 1.00 bits per heavy atom. The van der Waals surface area contributed by atoms with Crippen molar-refractivity contribution >= 4 is 53.7 Å². The molecule has 7 rings (SSSR count). The maximum atomic E-state index is 14.0. The molecule has 1 saturated heterocycles. The lowest BCUT2D eigenvalue weighted by Crippen LogP contribution is -2.67. The summed E-state index contributed by atoms with van der Waals surface area (Å²) >= 11 is 1.55. The number of carbonyl (C=O) groups is 1. The third-order valence-electron chi connectivity index (χ3n) is 10.1. The van der Waals surface area contributed by atoms with Gasteiger partial charge in [0, 0.05) is 24.1 Å². The van der Waals surface area contributed by atoms with E-state index in [1.165, 1.54) is 22.5 Å². The fourth-order valence-electron chi connectivity index (χ4n) is 7.48. The molecular formula is C39H44F2N6O3SSi. The predicted molar refractivity (Wildman–Crippen MR) is 202 cm³/mol. The number of nitrogens with one attached hydrogen (secondary N) is 1. The zero-order valence-electron chi connectivity index (χ0n) is 29.8. The maximum absolute atomic E-state index is 14.0. The van der Waals surface area contributed by atoms with E-state index in [0.717, 1.165) is 30.4 Å². The van der Waals surface area contributed by atoms with E-state index >= 15 is 0 Å². The number of fused-ring (bicyclic) bond motifs is 1. The summed E-state index contributed by atoms with van der Waals surface area (Å²) in [5.41, 5.74) is 1.82. The summed E-state index contributed by atoms with van der Waals surface area (Å²) < 4.78 is 43.4. The molecule has 1 aliphatic carbocycles. The third kappa shape index (κ3) is 7.15. The minimum Gasteiger partial charge on any atom is -0.405 e. The van der Waals surface area contributed by atoms with Gasteiger partial charge in [-0.05, 0) is 52.4 Å². The van der Waals surface area contributed by atoms with E-state index in [1.54, 1.807) is 17.8 Å². The number of hydrogen-bond acceptors (Lipinski definition) is 9. The molecule has 2 aromatic heterocycles. The first-order valence-corrected chi connectivity index (χ1v) is 20.8. The topological polar surface area (TPSA) is 104 Å². The van der Waals surface area contributed by atoms with Gasteiger partial charge in [0.2, 0.25) is 0 Å². The van der Waals surface area contributed by atoms with Gasteiger partial charge in [0.1, 0.15) is 12.4 Å². The average molecular weight is 743 g/mol. The molecule has 1 saturated carbocycles. The summed E-state index contributed by atoms with van der Waals surface area (Å²) in [4.78, 5) is 21.5. The lowest BCUT2D eigenvalue weighted by atomic mass is 10.1. The number of nitrogens with zero attached hydrogens (tertiary/aromatic N) is 5. The lowest BCUT2D eigenvalue weighted by Gasteiger charge is -2.43. The number of rotatable bonds is 14. The molecule has 0 amide bonds. The zero-order chi connectivity index (χ0) is 36.5. The molecule has 0 unspecified atom stereocenters. The normalized spacial score (nSPS) is 21.8. The Morgan fingerprint density at radius 2 is 1.71 bits per heavy atom. The first-order chi connectivity index (χ1) is 25.1. The van der Waals surface area contributed by atoms with Crippen LogP contribution in [0.4, 0.5) is 14.6 Å². The van der Waals surface area contributed by atoms with Crippen molar-refractivity contribution in [2.45, 2.75) is 93.8 Å². The Hall–Kier alpha value is -4.04. The second-order valence-corrected chi connectivity index (χ2v) is 20.0. The van der Waals surface area contributed by atoms with Crippen LogP contribution in [0.2, 0.25) is 5.04 Å². The minimum atomic E-state index is -2.89. The molecule has 0 bridgehead atoms. The number of hydrogen-bond donors (Lipinski definition) is 1. The van der Waals surface area contributed by atoms with Crippen LogP contribution >= 0.6 is 11.8 Å². The average Bonchev–Trinajstić information content (AvgIpc) is 3.58. The minimum absolute atomic E-state index is 0.0113. The Morgan fingerprint density at radius 3 is 2.35 bits per heavy atom. The summed E-state index contributed by atoms with van der Waals surface area (Å²) in [7, 11) is -2.89. The van der Waals surface area contributed by atoms with Crippen LogP contribution in [-0.2, 0) is 14.0 Å². The molecule has 0 spiro atoms. The Labute approximate surface area is 308 Å². The highest BCUT2D eigenvalue weighted by Crippen LogP contribution is 2.44. The number of ether oxygens (including phenoxy) is 1. The van der Waals surface area contributed by atoms with Gasteiger partial charge in [0.15, 0.2) is 33.8 Å². The van der Waals surface area contributed by atoms with E-state index in [0.29, 0.717) is 28.6 Å². The Balaban J connectivity index is 1.23. The monoisotopic (exact) mass is 742 g/mol. The standard InChI is InChI=1S/C39H44F2N6O3SSi/c1-5-20-51-38-43-36(42-32-23-29(32)25-16-17-30(40)31(41)21-25)35-37(44-38)47(46-45-35)33-22-26(18-19-48)50-34(33)24-49-52(39(2,3)4,27-12-8-6-9-13-27)28-14-10-7-11-15-28/h6-17,19,21,26,29,32-34H,5,18,20,22-24H2,1-4H3,(H,42,43,44)/t26-,29-,32+,33+,34-/m0/s1. The van der Waals surface area contributed by atoms with Crippen molar-refractivity contribution in [3.63, 3.8) is 0 Å². The largest absolute Gasteiger partial charge is 0.405 e. The fraction of sp³-hybridized carbons (Fsp3) is 0.410. The quantitative estimate of drug-likeness (QED) is 0.0568. The maximum Gasteiger partial charge on any atom is 0.261 e. The highest BCUT2D eigenvalue weighted by Gasteiger charge is 2.51. The molecule has 9 nitrogen and oxygen atoms in total. The zero-order valence-corrected chi connectivity index (χ0v) is 31.7. The molecule has 2 aliphatic rings. The molecular weight excluding hydrogens is 699 g/mol. The van der Waals surface area contributed by atoms with E-state index in [9.17, 15) is 13.6 Å². The second kappa shape index (κ2) is 15.1. The highest BCUT2D eigenvalue weighted by atomic mass is 32.2. The van der Waals surface area contributed by atoms with Crippen LogP contribution in [0, 0.1) is 11.6 Å². The molecule has 13 heteroatoms. The van der Waals surface area contributed by atoms with Crippen molar-refractivity contribution < 1.29 is 22.7 Å². The van der Waals surface area contributed by atoms with Crippen LogP contribution in [0.5, 0.6) is 0 Å². The third-order valence-corrected chi connectivity index (χ3v) is 16.1. The lowest BCUT2D eigenvalue weighted by molar-refractivity contribution is -0.110. The number of aldehydes is 1. The van der Waals surface area contributed by atoms with E-state index in [-0.39, 0.29) is 42.2 Å². The predicted octanol–water partition coefficient (Wildman–Crippen LogP) is 6.83. The SMILES string of the molecule is CCCSc1nc(N[C@@H]2C[C@H]2c2ccc(F)c(F)c2)c2nnn([C@@H]3C[C@H](CC=O)O[C@H]3CO[Si](c3ccccc3)(c3ccccc3)C(C)(C)C)c2n1. The van der Waals surface area contributed by atoms with E-state index in [2.05, 4.69) is 91.9 Å². The van der Waals surface area contributed by atoms with Crippen molar-refractivity contribution in [1.29, 1.82) is 0 Å². The van der Waals surface area contributed by atoms with Gasteiger partial charge in [-0.1, -0.05) is 111 Å². The summed E-state index contributed by atoms with van der Waals surface area (Å²) in [6.45, 7) is 9.10. The molecule has 1 aliphatic heterocycles. The smallest absolute Gasteiger partial charge is 0.261 e. The number of carbonyl (C=O) groups excluding carboxylic acids is 1. The van der Waals surface area contributed by atoms with Crippen LogP contribution in [0.3, 0.4) is 0 Å². The molecule has 0 radical (unpaired) electrons. The van der Waals surface area contributed by atoms with E-state index in [1.807, 2.05) is 16.8 Å². The molecule has 272 valence electrons. The van der Waals surface area contributed by atoms with Gasteiger partial charge >= 0.3 is 0 Å². The van der Waals surface area contributed by atoms with Crippen molar-refractivity contribution in [2.24, 2.45) is 0 Å². The van der Waals surface area contributed by atoms with Crippen molar-refractivity contribution in [3.8, 4) is 0 Å². The number of benzene rings is 3. The van der Waals surface area contributed by atoms with Gasteiger partial charge in [-0.15, -0.1) is 5.10 Å². The molecule has 3 aromatic carbocycles. The Bertz CT molecular complexity index is 1970. The number of thioether (sulfide) groups is 1. The molecule has 5 aromatic rings. The van der Waals surface area contributed by atoms with Crippen LogP contribution in [0.15, 0.2) is 84.0 Å². The van der Waals surface area contributed by atoms with E-state index < -0.39 is 26.1 Å². The van der Waals surface area contributed by atoms with Gasteiger partial charge < -0.3 is 19.3 Å². The van der Waals surface area contributed by atoms with Crippen molar-refractivity contribution in [1.82, 2.24) is 25.0 Å². The summed E-state index contributed by atoms with van der Waals surface area (Å²) in [6.07, 6.45) is 2.63. The van der Waals surface area contributed by atoms with Gasteiger partial charge in [-0.25, -0.2) is 23.4 Å². The summed E-state index contributed by atoms with van der Waals surface area (Å²) in [5.74, 6) is -0.321. The molecule has 2 fully saturated rings. The van der Waals surface area contributed by atoms with Gasteiger partial charge in [0.05, 0.1) is 18.8 Å². The van der Waals surface area contributed by atoms with Crippen molar-refractivity contribution in [3.05, 3.63) is 96.1 Å². The highest BCUT2D eigenvalue weighted by molar-refractivity contribution is 7.99.